The molecule has 0 spiro atoms. The van der Waals surface area contributed by atoms with Gasteiger partial charge < -0.3 is 5.11 Å². The molecule has 2 aromatic carbocycles. The molecule has 0 aliphatic carbocycles. The van der Waals surface area contributed by atoms with E-state index in [1.807, 2.05) is 0 Å². The highest BCUT2D eigenvalue weighted by molar-refractivity contribution is 6.31. The Hall–Kier alpha value is -2.04. The molecule has 1 aliphatic rings. The van der Waals surface area contributed by atoms with Gasteiger partial charge in [0, 0.05) is 10.0 Å². The van der Waals surface area contributed by atoms with Crippen LogP contribution >= 0.6 is 23.2 Å². The van der Waals surface area contributed by atoms with E-state index in [9.17, 15) is 14.7 Å². The Morgan fingerprint density at radius 1 is 1.13 bits per heavy atom. The summed E-state index contributed by atoms with van der Waals surface area (Å²) < 4.78 is 0. The van der Waals surface area contributed by atoms with Gasteiger partial charge in [-0.15, -0.1) is 0 Å². The molecule has 118 valence electrons. The molecule has 1 aliphatic heterocycles. The number of amides is 2. The van der Waals surface area contributed by atoms with Crippen LogP contribution in [0.15, 0.2) is 48.5 Å². The summed E-state index contributed by atoms with van der Waals surface area (Å²) in [6, 6.07) is 13.1. The lowest BCUT2D eigenvalue weighted by atomic mass is 9.65. The zero-order valence-corrected chi connectivity index (χ0v) is 13.7. The Kier molecular flexibility index (Phi) is 3.82. The fourth-order valence-electron chi connectivity index (χ4n) is 3.09. The molecule has 6 heteroatoms. The van der Waals surface area contributed by atoms with Gasteiger partial charge in [0.1, 0.15) is 0 Å². The fourth-order valence-corrected chi connectivity index (χ4v) is 3.41. The normalized spacial score (nSPS) is 23.5. The van der Waals surface area contributed by atoms with Gasteiger partial charge in [0.05, 0.1) is 11.5 Å². The Balaban J connectivity index is 2.12. The van der Waals surface area contributed by atoms with Crippen LogP contribution in [0.1, 0.15) is 24.1 Å². The summed E-state index contributed by atoms with van der Waals surface area (Å²) >= 11 is 11.9. The minimum absolute atomic E-state index is 0.466. The van der Waals surface area contributed by atoms with E-state index in [1.165, 1.54) is 0 Å². The van der Waals surface area contributed by atoms with Gasteiger partial charge in [-0.25, -0.2) is 9.69 Å². The topological polar surface area (TPSA) is 57.6 Å². The molecule has 1 fully saturated rings. The molecule has 0 aromatic heterocycles. The average molecular weight is 350 g/mol. The molecule has 0 radical (unpaired) electrons. The zero-order valence-electron chi connectivity index (χ0n) is 12.2. The van der Waals surface area contributed by atoms with Crippen molar-refractivity contribution in [1.82, 2.24) is 4.90 Å². The van der Waals surface area contributed by atoms with Gasteiger partial charge in [0.25, 0.3) is 0 Å². The number of nitrogens with zero attached hydrogens (tertiary/aromatic N) is 1. The molecular formula is C17H13Cl2NO3. The van der Waals surface area contributed by atoms with Gasteiger partial charge >= 0.3 is 6.09 Å². The van der Waals surface area contributed by atoms with Crippen LogP contribution in [0, 0.1) is 0 Å². The third kappa shape index (κ3) is 2.38. The number of hydrogen-bond donors (Lipinski definition) is 1. The molecule has 3 rings (SSSR count). The summed E-state index contributed by atoms with van der Waals surface area (Å²) in [6.07, 6.45) is -1.27. The Bertz CT molecular complexity index is 791. The molecule has 2 amide bonds. The number of halogens is 2. The van der Waals surface area contributed by atoms with Crippen LogP contribution in [0.2, 0.25) is 10.0 Å². The smallest absolute Gasteiger partial charge is 0.414 e. The van der Waals surface area contributed by atoms with E-state index in [-0.39, 0.29) is 0 Å². The standard InChI is InChI=1S/C17H13Cl2NO3/c1-17(11-3-2-4-13(19)9-11)14(20(15(17)21)16(22)23)10-5-7-12(18)8-6-10/h2-9,14H,1H3,(H,22,23)/t14-,17+/m1/s1. The fraction of sp³-hybridized carbons (Fsp3) is 0.176. The first-order valence-corrected chi connectivity index (χ1v) is 7.69. The first-order chi connectivity index (χ1) is 10.9. The van der Waals surface area contributed by atoms with Gasteiger partial charge in [-0.1, -0.05) is 47.5 Å². The lowest BCUT2D eigenvalue weighted by Gasteiger charge is -2.52. The van der Waals surface area contributed by atoms with Crippen LogP contribution in [0.25, 0.3) is 0 Å². The molecular weight excluding hydrogens is 337 g/mol. The van der Waals surface area contributed by atoms with Crippen molar-refractivity contribution in [1.29, 1.82) is 0 Å². The van der Waals surface area contributed by atoms with E-state index >= 15 is 0 Å². The molecule has 0 bridgehead atoms. The summed E-state index contributed by atoms with van der Waals surface area (Å²) in [7, 11) is 0. The van der Waals surface area contributed by atoms with E-state index < -0.39 is 23.5 Å². The number of imide groups is 1. The van der Waals surface area contributed by atoms with Gasteiger partial charge in [-0.3, -0.25) is 4.79 Å². The van der Waals surface area contributed by atoms with Gasteiger partial charge in [-0.2, -0.15) is 0 Å². The van der Waals surface area contributed by atoms with Crippen molar-refractivity contribution in [3.05, 3.63) is 69.7 Å². The number of hydrogen-bond acceptors (Lipinski definition) is 2. The molecule has 2 aromatic rings. The summed E-state index contributed by atoms with van der Waals surface area (Å²) in [5, 5.41) is 10.4. The minimum Gasteiger partial charge on any atom is -0.465 e. The number of carbonyl (C=O) groups excluding carboxylic acids is 1. The SMILES string of the molecule is C[C@@]1(c2cccc(Cl)c2)C(=O)N(C(=O)O)[C@@H]1c1ccc(Cl)cc1. The lowest BCUT2D eigenvalue weighted by Crippen LogP contribution is -2.66. The maximum absolute atomic E-state index is 12.6. The molecule has 1 heterocycles. The number of carboxylic acid groups (broad SMARTS) is 1. The average Bonchev–Trinajstić information content (AvgIpc) is 2.52. The van der Waals surface area contributed by atoms with Crippen molar-refractivity contribution in [2.75, 3.05) is 0 Å². The van der Waals surface area contributed by atoms with Crippen LogP contribution in [0.3, 0.4) is 0 Å². The first-order valence-electron chi connectivity index (χ1n) is 6.94. The minimum atomic E-state index is -1.27. The van der Waals surface area contributed by atoms with E-state index in [0.29, 0.717) is 21.2 Å². The van der Waals surface area contributed by atoms with Crippen molar-refractivity contribution in [3.63, 3.8) is 0 Å². The first kappa shape index (κ1) is 15.8. The molecule has 23 heavy (non-hydrogen) atoms. The summed E-state index contributed by atoms with van der Waals surface area (Å²) in [4.78, 5) is 24.9. The predicted molar refractivity (Wildman–Crippen MR) is 87.9 cm³/mol. The monoisotopic (exact) mass is 349 g/mol. The van der Waals surface area contributed by atoms with Crippen LogP contribution in [0.4, 0.5) is 4.79 Å². The molecule has 2 atom stereocenters. The van der Waals surface area contributed by atoms with Gasteiger partial charge in [0.15, 0.2) is 0 Å². The Morgan fingerprint density at radius 3 is 2.35 bits per heavy atom. The molecule has 0 unspecified atom stereocenters. The highest BCUT2D eigenvalue weighted by Gasteiger charge is 2.61. The van der Waals surface area contributed by atoms with Crippen molar-refractivity contribution in [3.8, 4) is 0 Å². The van der Waals surface area contributed by atoms with E-state index in [1.54, 1.807) is 55.5 Å². The molecule has 1 saturated heterocycles. The van der Waals surface area contributed by atoms with Gasteiger partial charge in [-0.05, 0) is 42.3 Å². The van der Waals surface area contributed by atoms with E-state index in [0.717, 1.165) is 4.90 Å². The summed E-state index contributed by atoms with van der Waals surface area (Å²) in [5.41, 5.74) is 0.406. The van der Waals surface area contributed by atoms with Crippen LogP contribution in [0.5, 0.6) is 0 Å². The molecule has 1 N–H and O–H groups in total. The number of benzene rings is 2. The van der Waals surface area contributed by atoms with Crippen LogP contribution in [-0.4, -0.2) is 22.0 Å². The summed E-state index contributed by atoms with van der Waals surface area (Å²) in [5.74, 6) is -0.466. The molecule has 0 saturated carbocycles. The number of rotatable bonds is 2. The number of likely N-dealkylation sites (tertiary alicyclic amines) is 1. The second kappa shape index (κ2) is 5.55. The quantitative estimate of drug-likeness (QED) is 0.811. The maximum Gasteiger partial charge on any atom is 0.414 e. The molecule has 4 nitrogen and oxygen atoms in total. The predicted octanol–water partition coefficient (Wildman–Crippen LogP) is 4.51. The van der Waals surface area contributed by atoms with Crippen LogP contribution in [-0.2, 0) is 10.2 Å². The third-order valence-corrected chi connectivity index (χ3v) is 4.77. The summed E-state index contributed by atoms with van der Waals surface area (Å²) in [6.45, 7) is 1.74. The Labute approximate surface area is 143 Å². The second-order valence-electron chi connectivity index (χ2n) is 5.62. The van der Waals surface area contributed by atoms with Crippen molar-refractivity contribution < 1.29 is 14.7 Å². The van der Waals surface area contributed by atoms with E-state index in [2.05, 4.69) is 0 Å². The number of β-lactam (4-membered cyclic amide) rings is 1. The second-order valence-corrected chi connectivity index (χ2v) is 6.50. The maximum atomic E-state index is 12.6. The van der Waals surface area contributed by atoms with Crippen LogP contribution < -0.4 is 0 Å². The third-order valence-electron chi connectivity index (χ3n) is 4.28. The van der Waals surface area contributed by atoms with E-state index in [4.69, 9.17) is 23.2 Å². The van der Waals surface area contributed by atoms with Crippen molar-refractivity contribution >= 4 is 35.2 Å². The lowest BCUT2D eigenvalue weighted by molar-refractivity contribution is -0.155. The zero-order chi connectivity index (χ0) is 16.8. The largest absolute Gasteiger partial charge is 0.465 e. The number of carbonyl (C=O) groups is 2. The highest BCUT2D eigenvalue weighted by atomic mass is 35.5. The van der Waals surface area contributed by atoms with Crippen molar-refractivity contribution in [2.45, 2.75) is 18.4 Å². The van der Waals surface area contributed by atoms with Gasteiger partial charge in [0.2, 0.25) is 5.91 Å². The van der Waals surface area contributed by atoms with Crippen molar-refractivity contribution in [2.24, 2.45) is 0 Å². The highest BCUT2D eigenvalue weighted by Crippen LogP contribution is 2.51. The Morgan fingerprint density at radius 2 is 1.78 bits per heavy atom.